The summed E-state index contributed by atoms with van der Waals surface area (Å²) in [5.41, 5.74) is 3.86. The quantitative estimate of drug-likeness (QED) is 0.351. The Morgan fingerprint density at radius 1 is 1.56 bits per heavy atom. The van der Waals surface area contributed by atoms with E-state index in [1.807, 2.05) is 0 Å². The number of hydrogen-bond donors (Lipinski definition) is 1. The van der Waals surface area contributed by atoms with Gasteiger partial charge in [0.1, 0.15) is 0 Å². The standard InChI is InChI=1S/C6H13NOS/c1-2-3-4-5-8-7-6-9/h6H,2-5H2,1H3,(H,7,9). The molecule has 9 heavy (non-hydrogen) atoms. The van der Waals surface area contributed by atoms with Crippen molar-refractivity contribution >= 4 is 17.7 Å². The summed E-state index contributed by atoms with van der Waals surface area (Å²) in [6, 6.07) is 0. The van der Waals surface area contributed by atoms with Crippen molar-refractivity contribution in [2.24, 2.45) is 0 Å². The molecule has 3 heteroatoms. The molecule has 0 saturated heterocycles. The Morgan fingerprint density at radius 2 is 2.33 bits per heavy atom. The van der Waals surface area contributed by atoms with Crippen molar-refractivity contribution in [2.75, 3.05) is 6.61 Å². The van der Waals surface area contributed by atoms with E-state index in [9.17, 15) is 0 Å². The first-order valence-corrected chi connectivity index (χ1v) is 3.70. The molecule has 0 aromatic rings. The molecule has 0 aliphatic heterocycles. The zero-order valence-electron chi connectivity index (χ0n) is 5.72. The van der Waals surface area contributed by atoms with Gasteiger partial charge in [0, 0.05) is 0 Å². The van der Waals surface area contributed by atoms with Crippen LogP contribution in [0, 0.1) is 0 Å². The van der Waals surface area contributed by atoms with Crippen LogP contribution < -0.4 is 5.48 Å². The van der Waals surface area contributed by atoms with Gasteiger partial charge in [-0.2, -0.15) is 0 Å². The molecule has 0 aromatic carbocycles. The lowest BCUT2D eigenvalue weighted by Crippen LogP contribution is -2.10. The number of unbranched alkanes of at least 4 members (excludes halogenated alkanes) is 2. The largest absolute Gasteiger partial charge is 0.276 e. The van der Waals surface area contributed by atoms with Crippen molar-refractivity contribution in [3.63, 3.8) is 0 Å². The fourth-order valence-electron chi connectivity index (χ4n) is 0.517. The summed E-state index contributed by atoms with van der Waals surface area (Å²) in [6.07, 6.45) is 3.55. The highest BCUT2D eigenvalue weighted by atomic mass is 32.1. The van der Waals surface area contributed by atoms with Gasteiger partial charge in [-0.15, -0.1) is 0 Å². The average molecular weight is 147 g/mol. The van der Waals surface area contributed by atoms with E-state index in [4.69, 9.17) is 4.84 Å². The van der Waals surface area contributed by atoms with E-state index in [1.54, 1.807) is 0 Å². The van der Waals surface area contributed by atoms with Crippen LogP contribution in [0.15, 0.2) is 0 Å². The molecule has 0 aromatic heterocycles. The number of thiocarbonyl (C=S) groups is 1. The normalized spacial score (nSPS) is 9.00. The number of hydroxylamine groups is 1. The van der Waals surface area contributed by atoms with Crippen LogP contribution in [0.25, 0.3) is 0 Å². The second-order valence-electron chi connectivity index (χ2n) is 1.79. The van der Waals surface area contributed by atoms with Gasteiger partial charge in [0.2, 0.25) is 0 Å². The predicted octanol–water partition coefficient (Wildman–Crippen LogP) is 1.66. The van der Waals surface area contributed by atoms with Gasteiger partial charge in [0.05, 0.1) is 12.1 Å². The minimum Gasteiger partial charge on any atom is -0.276 e. The highest BCUT2D eigenvalue weighted by molar-refractivity contribution is 7.78. The Balaban J connectivity index is 2.66. The van der Waals surface area contributed by atoms with E-state index in [0.29, 0.717) is 0 Å². The number of nitrogens with one attached hydrogen (secondary N) is 1. The highest BCUT2D eigenvalue weighted by Crippen LogP contribution is 1.91. The molecule has 0 unspecified atom stereocenters. The van der Waals surface area contributed by atoms with Crippen LogP contribution in [-0.4, -0.2) is 12.1 Å². The third kappa shape index (κ3) is 7.85. The van der Waals surface area contributed by atoms with Crippen LogP contribution in [0.3, 0.4) is 0 Å². The Kier molecular flexibility index (Phi) is 7.72. The highest BCUT2D eigenvalue weighted by Gasteiger charge is 1.83. The van der Waals surface area contributed by atoms with Crippen molar-refractivity contribution in [2.45, 2.75) is 26.2 Å². The molecule has 0 heterocycles. The van der Waals surface area contributed by atoms with Gasteiger partial charge in [-0.05, 0) is 6.42 Å². The molecule has 0 amide bonds. The first-order chi connectivity index (χ1) is 4.41. The molecule has 0 spiro atoms. The first kappa shape index (κ1) is 8.85. The minimum atomic E-state index is 0.751. The lowest BCUT2D eigenvalue weighted by Gasteiger charge is -1.98. The van der Waals surface area contributed by atoms with Crippen molar-refractivity contribution in [1.29, 1.82) is 0 Å². The fourth-order valence-corrected chi connectivity index (χ4v) is 0.585. The van der Waals surface area contributed by atoms with Crippen molar-refractivity contribution in [3.8, 4) is 0 Å². The molecule has 0 bridgehead atoms. The molecule has 0 fully saturated rings. The third-order valence-electron chi connectivity index (χ3n) is 0.981. The number of rotatable bonds is 6. The smallest absolute Gasteiger partial charge is 0.0872 e. The van der Waals surface area contributed by atoms with Crippen LogP contribution in [-0.2, 0) is 4.84 Å². The maximum atomic E-state index is 4.88. The molecular weight excluding hydrogens is 134 g/mol. The van der Waals surface area contributed by atoms with Gasteiger partial charge in [-0.3, -0.25) is 10.3 Å². The summed E-state index contributed by atoms with van der Waals surface area (Å²) in [6.45, 7) is 2.91. The molecular formula is C6H13NOS. The number of hydrogen-bond acceptors (Lipinski definition) is 2. The van der Waals surface area contributed by atoms with E-state index >= 15 is 0 Å². The minimum absolute atomic E-state index is 0.751. The lowest BCUT2D eigenvalue weighted by molar-refractivity contribution is 0.0865. The molecule has 54 valence electrons. The van der Waals surface area contributed by atoms with Gasteiger partial charge in [0.15, 0.2) is 0 Å². The average Bonchev–Trinajstić information content (AvgIpc) is 1.89. The summed E-state index contributed by atoms with van der Waals surface area (Å²) in [7, 11) is 0. The third-order valence-corrected chi connectivity index (χ3v) is 1.08. The molecule has 0 atom stereocenters. The van der Waals surface area contributed by atoms with Crippen molar-refractivity contribution < 1.29 is 4.84 Å². The first-order valence-electron chi connectivity index (χ1n) is 3.22. The second-order valence-corrected chi connectivity index (χ2v) is 2.03. The fraction of sp³-hybridized carbons (Fsp3) is 0.833. The van der Waals surface area contributed by atoms with Gasteiger partial charge in [-0.1, -0.05) is 32.0 Å². The Hall–Kier alpha value is -0.150. The van der Waals surface area contributed by atoms with Crippen LogP contribution in [0.4, 0.5) is 0 Å². The van der Waals surface area contributed by atoms with E-state index < -0.39 is 0 Å². The summed E-state index contributed by atoms with van der Waals surface area (Å²) < 4.78 is 0. The zero-order chi connectivity index (χ0) is 6.95. The Labute approximate surface area is 61.5 Å². The van der Waals surface area contributed by atoms with Crippen LogP contribution in [0.5, 0.6) is 0 Å². The maximum absolute atomic E-state index is 4.88. The van der Waals surface area contributed by atoms with E-state index in [1.165, 1.54) is 18.3 Å². The van der Waals surface area contributed by atoms with Gasteiger partial charge in [-0.25, -0.2) is 0 Å². The monoisotopic (exact) mass is 147 g/mol. The topological polar surface area (TPSA) is 21.3 Å². The lowest BCUT2D eigenvalue weighted by atomic mass is 10.3. The van der Waals surface area contributed by atoms with Gasteiger partial charge in [0.25, 0.3) is 0 Å². The summed E-state index contributed by atoms with van der Waals surface area (Å²) >= 11 is 4.47. The Bertz CT molecular complexity index is 68.1. The van der Waals surface area contributed by atoms with E-state index in [2.05, 4.69) is 24.6 Å². The van der Waals surface area contributed by atoms with Crippen LogP contribution in [0.2, 0.25) is 0 Å². The van der Waals surface area contributed by atoms with Crippen molar-refractivity contribution in [3.05, 3.63) is 0 Å². The molecule has 0 rings (SSSR count). The maximum Gasteiger partial charge on any atom is 0.0872 e. The van der Waals surface area contributed by atoms with E-state index in [0.717, 1.165) is 13.0 Å². The summed E-state index contributed by atoms with van der Waals surface area (Å²) in [4.78, 5) is 4.88. The summed E-state index contributed by atoms with van der Waals surface area (Å²) in [5, 5.41) is 0. The predicted molar refractivity (Wildman–Crippen MR) is 42.3 cm³/mol. The van der Waals surface area contributed by atoms with Gasteiger partial charge < -0.3 is 0 Å². The van der Waals surface area contributed by atoms with E-state index in [-0.39, 0.29) is 0 Å². The Morgan fingerprint density at radius 3 is 2.89 bits per heavy atom. The SMILES string of the molecule is CCCCCONC=S. The summed E-state index contributed by atoms with van der Waals surface area (Å²) in [5.74, 6) is 0. The zero-order valence-corrected chi connectivity index (χ0v) is 6.54. The molecule has 0 radical (unpaired) electrons. The molecule has 2 nitrogen and oxygen atoms in total. The van der Waals surface area contributed by atoms with Crippen molar-refractivity contribution in [1.82, 2.24) is 5.48 Å². The molecule has 0 saturated carbocycles. The molecule has 0 aliphatic carbocycles. The van der Waals surface area contributed by atoms with Crippen LogP contribution in [0.1, 0.15) is 26.2 Å². The van der Waals surface area contributed by atoms with Gasteiger partial charge >= 0.3 is 0 Å². The second kappa shape index (κ2) is 7.85. The molecule has 1 N–H and O–H groups in total. The van der Waals surface area contributed by atoms with Crippen LogP contribution >= 0.6 is 12.2 Å². The molecule has 0 aliphatic rings.